The standard InChI is InChI=1S/C19H20N2O2/c1-12(2)10-18(22)20-15-7-5-4-6-14(15)19-21-16-11-13(3)8-9-17(16)23-19/h4-9,11-12H,10H2,1-3H3,(H,20,22). The number of hydrogen-bond acceptors (Lipinski definition) is 3. The number of carbonyl (C=O) groups excluding carboxylic acids is 1. The molecule has 4 heteroatoms. The first-order chi connectivity index (χ1) is 11.0. The van der Waals surface area contributed by atoms with Gasteiger partial charge < -0.3 is 9.73 Å². The van der Waals surface area contributed by atoms with E-state index in [1.54, 1.807) is 0 Å². The number of rotatable bonds is 4. The van der Waals surface area contributed by atoms with Gasteiger partial charge >= 0.3 is 0 Å². The van der Waals surface area contributed by atoms with E-state index in [-0.39, 0.29) is 5.91 Å². The van der Waals surface area contributed by atoms with E-state index in [2.05, 4.69) is 10.3 Å². The van der Waals surface area contributed by atoms with Gasteiger partial charge in [0, 0.05) is 6.42 Å². The van der Waals surface area contributed by atoms with Crippen molar-refractivity contribution in [3.63, 3.8) is 0 Å². The summed E-state index contributed by atoms with van der Waals surface area (Å²) in [7, 11) is 0. The molecular weight excluding hydrogens is 288 g/mol. The third kappa shape index (κ3) is 3.42. The molecule has 1 amide bonds. The predicted molar refractivity (Wildman–Crippen MR) is 92.3 cm³/mol. The summed E-state index contributed by atoms with van der Waals surface area (Å²) in [6, 6.07) is 13.5. The van der Waals surface area contributed by atoms with Gasteiger partial charge in [-0.25, -0.2) is 4.98 Å². The number of amides is 1. The van der Waals surface area contributed by atoms with E-state index in [9.17, 15) is 4.79 Å². The monoisotopic (exact) mass is 308 g/mol. The van der Waals surface area contributed by atoms with Crippen LogP contribution in [0.25, 0.3) is 22.6 Å². The van der Waals surface area contributed by atoms with E-state index in [0.29, 0.717) is 18.2 Å². The molecule has 0 radical (unpaired) electrons. The molecule has 0 aliphatic heterocycles. The van der Waals surface area contributed by atoms with Crippen LogP contribution in [-0.4, -0.2) is 10.9 Å². The second-order valence-corrected chi connectivity index (χ2v) is 6.18. The number of aromatic nitrogens is 1. The van der Waals surface area contributed by atoms with Gasteiger partial charge in [-0.3, -0.25) is 4.79 Å². The average Bonchev–Trinajstić information content (AvgIpc) is 2.89. The number of hydrogen-bond donors (Lipinski definition) is 1. The summed E-state index contributed by atoms with van der Waals surface area (Å²) in [5.41, 5.74) is 4.22. The maximum Gasteiger partial charge on any atom is 0.229 e. The lowest BCUT2D eigenvalue weighted by molar-refractivity contribution is -0.116. The highest BCUT2D eigenvalue weighted by atomic mass is 16.3. The normalized spacial score (nSPS) is 11.1. The zero-order valence-electron chi connectivity index (χ0n) is 13.6. The highest BCUT2D eigenvalue weighted by Gasteiger charge is 2.14. The summed E-state index contributed by atoms with van der Waals surface area (Å²) in [5, 5.41) is 2.96. The summed E-state index contributed by atoms with van der Waals surface area (Å²) in [6.45, 7) is 6.07. The third-order valence-electron chi connectivity index (χ3n) is 3.57. The van der Waals surface area contributed by atoms with E-state index in [0.717, 1.165) is 27.9 Å². The summed E-state index contributed by atoms with van der Waals surface area (Å²) in [4.78, 5) is 16.6. The van der Waals surface area contributed by atoms with Crippen molar-refractivity contribution in [3.05, 3.63) is 48.0 Å². The molecule has 2 aromatic carbocycles. The Bertz CT molecular complexity index is 849. The third-order valence-corrected chi connectivity index (χ3v) is 3.57. The zero-order chi connectivity index (χ0) is 16.4. The topological polar surface area (TPSA) is 55.1 Å². The van der Waals surface area contributed by atoms with E-state index in [1.807, 2.05) is 63.2 Å². The Morgan fingerprint density at radius 1 is 1.22 bits per heavy atom. The lowest BCUT2D eigenvalue weighted by Gasteiger charge is -2.10. The molecule has 0 spiro atoms. The maximum atomic E-state index is 12.1. The molecule has 0 bridgehead atoms. The first kappa shape index (κ1) is 15.3. The average molecular weight is 308 g/mol. The van der Waals surface area contributed by atoms with Crippen LogP contribution in [0.2, 0.25) is 0 Å². The molecule has 1 N–H and O–H groups in total. The second kappa shape index (κ2) is 6.24. The van der Waals surface area contributed by atoms with Crippen LogP contribution in [0.5, 0.6) is 0 Å². The zero-order valence-corrected chi connectivity index (χ0v) is 13.6. The van der Waals surface area contributed by atoms with Gasteiger partial charge in [-0.1, -0.05) is 32.0 Å². The Hall–Kier alpha value is -2.62. The van der Waals surface area contributed by atoms with Gasteiger partial charge in [0.2, 0.25) is 11.8 Å². The van der Waals surface area contributed by atoms with Crippen LogP contribution in [0.1, 0.15) is 25.8 Å². The van der Waals surface area contributed by atoms with Gasteiger partial charge in [0.25, 0.3) is 0 Å². The highest BCUT2D eigenvalue weighted by molar-refractivity contribution is 5.95. The number of fused-ring (bicyclic) bond motifs is 1. The number of anilines is 1. The number of nitrogens with zero attached hydrogens (tertiary/aromatic N) is 1. The van der Waals surface area contributed by atoms with Crippen molar-refractivity contribution >= 4 is 22.7 Å². The van der Waals surface area contributed by atoms with Crippen LogP contribution >= 0.6 is 0 Å². The van der Waals surface area contributed by atoms with E-state index < -0.39 is 0 Å². The molecule has 1 heterocycles. The Balaban J connectivity index is 1.96. The van der Waals surface area contributed by atoms with E-state index >= 15 is 0 Å². The van der Waals surface area contributed by atoms with Gasteiger partial charge in [0.05, 0.1) is 11.3 Å². The van der Waals surface area contributed by atoms with Crippen LogP contribution in [0.15, 0.2) is 46.9 Å². The second-order valence-electron chi connectivity index (χ2n) is 6.18. The SMILES string of the molecule is Cc1ccc2oc(-c3ccccc3NC(=O)CC(C)C)nc2c1. The van der Waals surface area contributed by atoms with Crippen molar-refractivity contribution in [1.29, 1.82) is 0 Å². The smallest absolute Gasteiger partial charge is 0.229 e. The van der Waals surface area contributed by atoms with Crippen molar-refractivity contribution in [1.82, 2.24) is 4.98 Å². The number of benzene rings is 2. The molecule has 0 saturated heterocycles. The number of oxazole rings is 1. The van der Waals surface area contributed by atoms with Gasteiger partial charge in [0.15, 0.2) is 5.58 Å². The van der Waals surface area contributed by atoms with Crippen molar-refractivity contribution in [2.24, 2.45) is 5.92 Å². The molecule has 0 unspecified atom stereocenters. The largest absolute Gasteiger partial charge is 0.436 e. The molecule has 3 aromatic rings. The molecule has 23 heavy (non-hydrogen) atoms. The molecule has 0 aliphatic carbocycles. The van der Waals surface area contributed by atoms with Crippen LogP contribution in [0, 0.1) is 12.8 Å². The fourth-order valence-electron chi connectivity index (χ4n) is 2.50. The molecule has 4 nitrogen and oxygen atoms in total. The summed E-state index contributed by atoms with van der Waals surface area (Å²) in [5.74, 6) is 0.833. The van der Waals surface area contributed by atoms with Crippen molar-refractivity contribution in [2.45, 2.75) is 27.2 Å². The van der Waals surface area contributed by atoms with Crippen molar-refractivity contribution < 1.29 is 9.21 Å². The van der Waals surface area contributed by atoms with Crippen LogP contribution in [0.3, 0.4) is 0 Å². The Kier molecular flexibility index (Phi) is 4.15. The van der Waals surface area contributed by atoms with E-state index in [4.69, 9.17) is 4.42 Å². The molecule has 0 atom stereocenters. The minimum absolute atomic E-state index is 0.000550. The molecule has 0 fully saturated rings. The Morgan fingerprint density at radius 2 is 2.00 bits per heavy atom. The van der Waals surface area contributed by atoms with Crippen LogP contribution in [-0.2, 0) is 4.79 Å². The number of nitrogens with one attached hydrogen (secondary N) is 1. The fraction of sp³-hybridized carbons (Fsp3) is 0.263. The first-order valence-corrected chi connectivity index (χ1v) is 7.79. The summed E-state index contributed by atoms with van der Waals surface area (Å²) >= 11 is 0. The predicted octanol–water partition coefficient (Wildman–Crippen LogP) is 4.79. The fourth-order valence-corrected chi connectivity index (χ4v) is 2.50. The van der Waals surface area contributed by atoms with Gasteiger partial charge in [-0.2, -0.15) is 0 Å². The summed E-state index contributed by atoms with van der Waals surface area (Å²) < 4.78 is 5.85. The molecule has 0 aliphatic rings. The van der Waals surface area contributed by atoms with Crippen LogP contribution in [0.4, 0.5) is 5.69 Å². The molecule has 3 rings (SSSR count). The number of carbonyl (C=O) groups is 1. The van der Waals surface area contributed by atoms with Gasteiger partial charge in [-0.15, -0.1) is 0 Å². The minimum atomic E-state index is -0.000550. The lowest BCUT2D eigenvalue weighted by atomic mass is 10.1. The summed E-state index contributed by atoms with van der Waals surface area (Å²) in [6.07, 6.45) is 0.487. The first-order valence-electron chi connectivity index (χ1n) is 7.79. The van der Waals surface area contributed by atoms with Crippen molar-refractivity contribution in [3.8, 4) is 11.5 Å². The van der Waals surface area contributed by atoms with Crippen molar-refractivity contribution in [2.75, 3.05) is 5.32 Å². The van der Waals surface area contributed by atoms with Gasteiger partial charge in [-0.05, 0) is 42.7 Å². The lowest BCUT2D eigenvalue weighted by Crippen LogP contribution is -2.14. The number of para-hydroxylation sites is 1. The number of aryl methyl sites for hydroxylation is 1. The van der Waals surface area contributed by atoms with Crippen LogP contribution < -0.4 is 5.32 Å². The molecule has 0 saturated carbocycles. The van der Waals surface area contributed by atoms with Gasteiger partial charge in [0.1, 0.15) is 5.52 Å². The van der Waals surface area contributed by atoms with E-state index in [1.165, 1.54) is 0 Å². The quantitative estimate of drug-likeness (QED) is 0.754. The highest BCUT2D eigenvalue weighted by Crippen LogP contribution is 2.30. The minimum Gasteiger partial charge on any atom is -0.436 e. The Morgan fingerprint density at radius 3 is 2.78 bits per heavy atom. The maximum absolute atomic E-state index is 12.1. The molecule has 118 valence electrons. The molecular formula is C19H20N2O2. The Labute approximate surface area is 135 Å². The molecule has 1 aromatic heterocycles.